The lowest BCUT2D eigenvalue weighted by molar-refractivity contribution is 0.357. The van der Waals surface area contributed by atoms with E-state index in [0.29, 0.717) is 11.6 Å². The van der Waals surface area contributed by atoms with Crippen LogP contribution >= 0.6 is 11.6 Å². The molecule has 3 rings (SSSR count). The van der Waals surface area contributed by atoms with Gasteiger partial charge >= 0.3 is 0 Å². The van der Waals surface area contributed by atoms with E-state index in [4.69, 9.17) is 16.3 Å². The van der Waals surface area contributed by atoms with Gasteiger partial charge in [0.15, 0.2) is 0 Å². The van der Waals surface area contributed by atoms with E-state index in [1.165, 1.54) is 0 Å². The monoisotopic (exact) mass is 235 g/mol. The predicted octanol–water partition coefficient (Wildman–Crippen LogP) is 2.60. The minimum absolute atomic E-state index is 0.405. The number of aliphatic imine (C=N–C) groups is 1. The number of rotatable bonds is 2. The third-order valence-electron chi connectivity index (χ3n) is 3.28. The highest BCUT2D eigenvalue weighted by Crippen LogP contribution is 2.54. The summed E-state index contributed by atoms with van der Waals surface area (Å²) in [6, 6.07) is 3.70. The number of carbonyl (C=O) groups excluding carboxylic acids is 1. The molecule has 0 atom stereocenters. The summed E-state index contributed by atoms with van der Waals surface area (Å²) < 4.78 is 5.50. The van der Waals surface area contributed by atoms with Gasteiger partial charge in [0.1, 0.15) is 11.3 Å². The Hall–Kier alpha value is -1.31. The van der Waals surface area contributed by atoms with Gasteiger partial charge in [-0.2, -0.15) is 4.99 Å². The first-order valence-electron chi connectivity index (χ1n) is 5.30. The van der Waals surface area contributed by atoms with Gasteiger partial charge in [-0.1, -0.05) is 11.6 Å². The van der Waals surface area contributed by atoms with E-state index < -0.39 is 5.54 Å². The fourth-order valence-electron chi connectivity index (χ4n) is 2.37. The molecular weight excluding hydrogens is 226 g/mol. The number of ether oxygens (including phenoxy) is 1. The first-order chi connectivity index (χ1) is 7.77. The van der Waals surface area contributed by atoms with Crippen LogP contribution in [0.4, 0.5) is 0 Å². The third-order valence-corrected chi connectivity index (χ3v) is 3.59. The molecule has 16 heavy (non-hydrogen) atoms. The van der Waals surface area contributed by atoms with Gasteiger partial charge in [-0.25, -0.2) is 4.79 Å². The molecule has 0 aromatic heterocycles. The Morgan fingerprint density at radius 2 is 2.25 bits per heavy atom. The van der Waals surface area contributed by atoms with E-state index in [0.717, 1.165) is 36.1 Å². The molecule has 3 nitrogen and oxygen atoms in total. The minimum Gasteiger partial charge on any atom is -0.493 e. The number of hydrogen-bond donors (Lipinski definition) is 0. The topological polar surface area (TPSA) is 38.7 Å². The Bertz CT molecular complexity index is 502. The van der Waals surface area contributed by atoms with Crippen LogP contribution in [0.25, 0.3) is 0 Å². The lowest BCUT2D eigenvalue weighted by Crippen LogP contribution is -2.07. The van der Waals surface area contributed by atoms with Crippen molar-refractivity contribution in [1.29, 1.82) is 0 Å². The van der Waals surface area contributed by atoms with Crippen LogP contribution in [0.1, 0.15) is 24.0 Å². The number of hydrogen-bond acceptors (Lipinski definition) is 3. The van der Waals surface area contributed by atoms with Crippen molar-refractivity contribution in [3.05, 3.63) is 28.3 Å². The standard InChI is InChI=1S/C12H10ClNO2/c13-9-1-2-10-8(3-6-16-10)11(9)12(4-5-12)14-7-15/h1-2H,3-6H2. The van der Waals surface area contributed by atoms with Gasteiger partial charge in [0.2, 0.25) is 6.08 Å². The van der Waals surface area contributed by atoms with Crippen LogP contribution in [0.2, 0.25) is 5.02 Å². The van der Waals surface area contributed by atoms with E-state index in [2.05, 4.69) is 4.99 Å². The third kappa shape index (κ3) is 1.29. The highest BCUT2D eigenvalue weighted by Gasteiger charge is 2.48. The van der Waals surface area contributed by atoms with Crippen molar-refractivity contribution in [3.63, 3.8) is 0 Å². The molecule has 4 heteroatoms. The molecule has 0 saturated heterocycles. The number of nitrogens with zero attached hydrogens (tertiary/aromatic N) is 1. The van der Waals surface area contributed by atoms with Crippen LogP contribution in [0.15, 0.2) is 17.1 Å². The normalized spacial score (nSPS) is 19.6. The smallest absolute Gasteiger partial charge is 0.235 e. The van der Waals surface area contributed by atoms with Gasteiger partial charge < -0.3 is 4.74 Å². The Kier molecular flexibility index (Phi) is 2.06. The molecule has 1 aliphatic carbocycles. The summed E-state index contributed by atoms with van der Waals surface area (Å²) >= 11 is 6.22. The van der Waals surface area contributed by atoms with E-state index in [9.17, 15) is 4.79 Å². The maximum Gasteiger partial charge on any atom is 0.235 e. The molecule has 0 unspecified atom stereocenters. The molecule has 1 heterocycles. The average molecular weight is 236 g/mol. The van der Waals surface area contributed by atoms with Crippen LogP contribution in [0.3, 0.4) is 0 Å². The van der Waals surface area contributed by atoms with Gasteiger partial charge in [0, 0.05) is 22.6 Å². The van der Waals surface area contributed by atoms with E-state index in [1.807, 2.05) is 12.1 Å². The van der Waals surface area contributed by atoms with Crippen molar-refractivity contribution >= 4 is 17.7 Å². The highest BCUT2D eigenvalue weighted by molar-refractivity contribution is 6.31. The van der Waals surface area contributed by atoms with Crippen molar-refractivity contribution in [1.82, 2.24) is 0 Å². The molecule has 0 bridgehead atoms. The second kappa shape index (κ2) is 3.34. The van der Waals surface area contributed by atoms with E-state index in [1.54, 1.807) is 6.08 Å². The van der Waals surface area contributed by atoms with Crippen LogP contribution in [0, 0.1) is 0 Å². The van der Waals surface area contributed by atoms with E-state index >= 15 is 0 Å². The SMILES string of the molecule is O=C=NC1(c2c(Cl)ccc3c2CCO3)CC1. The summed E-state index contributed by atoms with van der Waals surface area (Å²) in [7, 11) is 0. The van der Waals surface area contributed by atoms with Gasteiger partial charge in [0.25, 0.3) is 0 Å². The van der Waals surface area contributed by atoms with Gasteiger partial charge in [-0.05, 0) is 25.0 Å². The number of isocyanates is 1. The van der Waals surface area contributed by atoms with E-state index in [-0.39, 0.29) is 0 Å². The summed E-state index contributed by atoms with van der Waals surface area (Å²) in [4.78, 5) is 14.4. The molecule has 1 aromatic rings. The minimum atomic E-state index is -0.405. The molecule has 2 aliphatic rings. The number of benzene rings is 1. The molecule has 1 aliphatic heterocycles. The molecule has 0 radical (unpaired) electrons. The van der Waals surface area contributed by atoms with Crippen LogP contribution in [-0.4, -0.2) is 12.7 Å². The van der Waals surface area contributed by atoms with Crippen molar-refractivity contribution in [3.8, 4) is 5.75 Å². The average Bonchev–Trinajstić information content (AvgIpc) is 2.89. The van der Waals surface area contributed by atoms with Gasteiger partial charge in [0.05, 0.1) is 6.61 Å². The highest BCUT2D eigenvalue weighted by atomic mass is 35.5. The molecule has 0 amide bonds. The number of halogens is 1. The first-order valence-corrected chi connectivity index (χ1v) is 5.68. The Morgan fingerprint density at radius 1 is 1.44 bits per heavy atom. The summed E-state index contributed by atoms with van der Waals surface area (Å²) in [6.45, 7) is 0.684. The molecule has 1 aromatic carbocycles. The summed E-state index contributed by atoms with van der Waals surface area (Å²) in [5.74, 6) is 0.881. The van der Waals surface area contributed by atoms with Crippen molar-refractivity contribution < 1.29 is 9.53 Å². The van der Waals surface area contributed by atoms with Crippen LogP contribution in [0.5, 0.6) is 5.75 Å². The zero-order valence-corrected chi connectivity index (χ0v) is 9.38. The molecular formula is C12H10ClNO2. The molecule has 82 valence electrons. The Morgan fingerprint density at radius 3 is 2.94 bits per heavy atom. The predicted molar refractivity (Wildman–Crippen MR) is 59.7 cm³/mol. The van der Waals surface area contributed by atoms with Gasteiger partial charge in [-0.15, -0.1) is 0 Å². The first kappa shape index (κ1) is 9.88. The maximum atomic E-state index is 10.5. The Labute approximate surface area is 98.1 Å². The molecule has 0 spiro atoms. The second-order valence-electron chi connectivity index (χ2n) is 4.23. The van der Waals surface area contributed by atoms with Crippen LogP contribution < -0.4 is 4.74 Å². The quantitative estimate of drug-likeness (QED) is 0.584. The Balaban J connectivity index is 2.20. The molecule has 1 saturated carbocycles. The lowest BCUT2D eigenvalue weighted by Gasteiger charge is -2.14. The fraction of sp³-hybridized carbons (Fsp3) is 0.417. The lowest BCUT2D eigenvalue weighted by atomic mass is 9.97. The summed E-state index contributed by atoms with van der Waals surface area (Å²) in [5, 5.41) is 0.681. The van der Waals surface area contributed by atoms with Crippen molar-refractivity contribution in [2.45, 2.75) is 24.8 Å². The number of fused-ring (bicyclic) bond motifs is 1. The van der Waals surface area contributed by atoms with Crippen molar-refractivity contribution in [2.75, 3.05) is 6.61 Å². The molecule has 0 N–H and O–H groups in total. The van der Waals surface area contributed by atoms with Crippen LogP contribution in [-0.2, 0) is 16.8 Å². The zero-order valence-electron chi connectivity index (χ0n) is 8.62. The second-order valence-corrected chi connectivity index (χ2v) is 4.64. The summed E-state index contributed by atoms with van der Waals surface area (Å²) in [5.41, 5.74) is 1.69. The van der Waals surface area contributed by atoms with Gasteiger partial charge in [-0.3, -0.25) is 0 Å². The largest absolute Gasteiger partial charge is 0.493 e. The fourth-order valence-corrected chi connectivity index (χ4v) is 2.73. The summed E-state index contributed by atoms with van der Waals surface area (Å²) in [6.07, 6.45) is 4.26. The van der Waals surface area contributed by atoms with Crippen molar-refractivity contribution in [2.24, 2.45) is 4.99 Å². The molecule has 1 fully saturated rings. The maximum absolute atomic E-state index is 10.5. The zero-order chi connectivity index (χ0) is 11.2.